The summed E-state index contributed by atoms with van der Waals surface area (Å²) >= 11 is 5.40. The predicted molar refractivity (Wildman–Crippen MR) is 60.1 cm³/mol. The lowest BCUT2D eigenvalue weighted by Crippen LogP contribution is -3.00. The maximum Gasteiger partial charge on any atom is 0.255 e. The van der Waals surface area contributed by atoms with Crippen molar-refractivity contribution in [3.05, 3.63) is 0 Å². The maximum absolute atomic E-state index is 13.5. The molecule has 100 valence electrons. The number of rotatable bonds is 6. The summed E-state index contributed by atoms with van der Waals surface area (Å²) in [5.74, 6) is -2.67. The highest BCUT2D eigenvalue weighted by Gasteiger charge is 2.37. The first kappa shape index (κ1) is 18.7. The molecule has 0 amide bonds. The van der Waals surface area contributed by atoms with Crippen molar-refractivity contribution >= 4 is 11.8 Å². The SMILES string of the molecule is CC(C)(CC(F)(F)CC[N+](C)(C)C)NCl.[Cl-]. The molecule has 0 heterocycles. The molecule has 0 aromatic carbocycles. The Hall–Kier alpha value is 0.360. The first-order chi connectivity index (χ1) is 6.47. The summed E-state index contributed by atoms with van der Waals surface area (Å²) in [6.45, 7) is 3.78. The second-order valence-electron chi connectivity index (χ2n) is 5.78. The van der Waals surface area contributed by atoms with Gasteiger partial charge in [0.05, 0.1) is 34.1 Å². The Morgan fingerprint density at radius 2 is 1.62 bits per heavy atom. The van der Waals surface area contributed by atoms with E-state index < -0.39 is 11.5 Å². The quantitative estimate of drug-likeness (QED) is 0.517. The Bertz CT molecular complexity index is 203. The lowest BCUT2D eigenvalue weighted by Gasteiger charge is -2.30. The van der Waals surface area contributed by atoms with Crippen molar-refractivity contribution in [2.24, 2.45) is 0 Å². The van der Waals surface area contributed by atoms with Crippen LogP contribution in [0, 0.1) is 0 Å². The summed E-state index contributed by atoms with van der Waals surface area (Å²) in [4.78, 5) is 2.38. The molecule has 0 saturated carbocycles. The van der Waals surface area contributed by atoms with Crippen LogP contribution in [0.4, 0.5) is 8.78 Å². The fourth-order valence-corrected chi connectivity index (χ4v) is 1.33. The molecule has 0 aliphatic carbocycles. The van der Waals surface area contributed by atoms with Gasteiger partial charge in [-0.3, -0.25) is 0 Å². The largest absolute Gasteiger partial charge is 1.00 e. The summed E-state index contributed by atoms with van der Waals surface area (Å²) < 4.78 is 27.6. The molecule has 6 heteroatoms. The van der Waals surface area contributed by atoms with Gasteiger partial charge >= 0.3 is 0 Å². The molecule has 0 aromatic rings. The Morgan fingerprint density at radius 3 is 1.94 bits per heavy atom. The van der Waals surface area contributed by atoms with Gasteiger partial charge in [-0.2, -0.15) is 0 Å². The minimum atomic E-state index is -2.67. The van der Waals surface area contributed by atoms with E-state index in [2.05, 4.69) is 4.84 Å². The van der Waals surface area contributed by atoms with Crippen molar-refractivity contribution < 1.29 is 25.7 Å². The van der Waals surface area contributed by atoms with Crippen molar-refractivity contribution in [1.29, 1.82) is 0 Å². The smallest absolute Gasteiger partial charge is 0.255 e. The van der Waals surface area contributed by atoms with Gasteiger partial charge in [0.25, 0.3) is 5.92 Å². The van der Waals surface area contributed by atoms with Gasteiger partial charge in [-0.05, 0) is 25.6 Å². The van der Waals surface area contributed by atoms with E-state index >= 15 is 0 Å². The monoisotopic (exact) mass is 278 g/mol. The number of hydrogen-bond donors (Lipinski definition) is 1. The number of halogens is 4. The average Bonchev–Trinajstić information content (AvgIpc) is 1.98. The van der Waals surface area contributed by atoms with Crippen LogP contribution in [0.25, 0.3) is 0 Å². The predicted octanol–water partition coefficient (Wildman–Crippen LogP) is -0.366. The number of alkyl halides is 2. The van der Waals surface area contributed by atoms with Gasteiger partial charge in [0.1, 0.15) is 0 Å². The summed E-state index contributed by atoms with van der Waals surface area (Å²) in [5, 5.41) is 0. The Balaban J connectivity index is 0. The molecule has 0 fully saturated rings. The molecule has 0 radical (unpaired) electrons. The third kappa shape index (κ3) is 9.58. The van der Waals surface area contributed by atoms with Gasteiger partial charge in [-0.15, -0.1) is 0 Å². The van der Waals surface area contributed by atoms with E-state index in [9.17, 15) is 8.78 Å². The lowest BCUT2D eigenvalue weighted by molar-refractivity contribution is -0.871. The summed E-state index contributed by atoms with van der Waals surface area (Å²) in [6.07, 6.45) is -0.359. The van der Waals surface area contributed by atoms with Crippen LogP contribution in [0.3, 0.4) is 0 Å². The van der Waals surface area contributed by atoms with Crippen LogP contribution in [0.15, 0.2) is 0 Å². The molecule has 0 aliphatic rings. The van der Waals surface area contributed by atoms with E-state index in [1.807, 2.05) is 21.1 Å². The number of quaternary nitrogens is 1. The summed E-state index contributed by atoms with van der Waals surface area (Å²) in [6, 6.07) is 0. The van der Waals surface area contributed by atoms with E-state index in [-0.39, 0.29) is 25.2 Å². The zero-order valence-corrected chi connectivity index (χ0v) is 12.1. The highest BCUT2D eigenvalue weighted by Crippen LogP contribution is 2.30. The molecule has 0 aromatic heterocycles. The van der Waals surface area contributed by atoms with Crippen molar-refractivity contribution in [1.82, 2.24) is 4.84 Å². The van der Waals surface area contributed by atoms with Crippen LogP contribution in [0.1, 0.15) is 26.7 Å². The van der Waals surface area contributed by atoms with Gasteiger partial charge in [0, 0.05) is 12.0 Å². The van der Waals surface area contributed by atoms with Crippen molar-refractivity contribution in [3.63, 3.8) is 0 Å². The van der Waals surface area contributed by atoms with Gasteiger partial charge in [-0.25, -0.2) is 13.6 Å². The molecular weight excluding hydrogens is 257 g/mol. The summed E-state index contributed by atoms with van der Waals surface area (Å²) in [5.41, 5.74) is -0.740. The molecule has 0 unspecified atom stereocenters. The third-order valence-corrected chi connectivity index (χ3v) is 2.62. The molecule has 0 bridgehead atoms. The fraction of sp³-hybridized carbons (Fsp3) is 1.00. The van der Waals surface area contributed by atoms with Gasteiger partial charge in [-0.1, -0.05) is 0 Å². The number of hydrogen-bond acceptors (Lipinski definition) is 1. The van der Waals surface area contributed by atoms with E-state index in [1.165, 1.54) is 0 Å². The third-order valence-electron chi connectivity index (χ3n) is 2.10. The highest BCUT2D eigenvalue weighted by molar-refractivity contribution is 6.13. The molecule has 0 atom stereocenters. The maximum atomic E-state index is 13.5. The number of nitrogens with zero attached hydrogens (tertiary/aromatic N) is 1. The van der Waals surface area contributed by atoms with Crippen molar-refractivity contribution in [3.8, 4) is 0 Å². The van der Waals surface area contributed by atoms with Gasteiger partial charge < -0.3 is 16.9 Å². The molecule has 0 saturated heterocycles. The van der Waals surface area contributed by atoms with Crippen molar-refractivity contribution in [2.45, 2.75) is 38.2 Å². The molecular formula is C10H22Cl2F2N2. The molecule has 0 spiro atoms. The highest BCUT2D eigenvalue weighted by atomic mass is 35.5. The Morgan fingerprint density at radius 1 is 1.19 bits per heavy atom. The second kappa shape index (κ2) is 6.34. The Kier molecular flexibility index (Phi) is 7.41. The minimum Gasteiger partial charge on any atom is -1.00 e. The van der Waals surface area contributed by atoms with E-state index in [1.54, 1.807) is 13.8 Å². The van der Waals surface area contributed by atoms with Gasteiger partial charge in [0.2, 0.25) is 0 Å². The first-order valence-corrected chi connectivity index (χ1v) is 5.41. The van der Waals surface area contributed by atoms with Crippen LogP contribution in [-0.4, -0.2) is 43.6 Å². The zero-order chi connectivity index (χ0) is 12.3. The average molecular weight is 279 g/mol. The molecule has 1 N–H and O–H groups in total. The molecule has 0 rings (SSSR count). The zero-order valence-electron chi connectivity index (χ0n) is 10.6. The van der Waals surface area contributed by atoms with Crippen LogP contribution in [-0.2, 0) is 0 Å². The van der Waals surface area contributed by atoms with Crippen LogP contribution in [0.5, 0.6) is 0 Å². The standard InChI is InChI=1S/C10H22ClF2N2.ClH/c1-9(2,14-11)8-10(12,13)6-7-15(3,4)5;/h14H,6-8H2,1-5H3;1H/q+1;/p-1. The topological polar surface area (TPSA) is 12.0 Å². The van der Waals surface area contributed by atoms with Crippen LogP contribution >= 0.6 is 11.8 Å². The molecule has 2 nitrogen and oxygen atoms in total. The van der Waals surface area contributed by atoms with Gasteiger partial charge in [0.15, 0.2) is 0 Å². The van der Waals surface area contributed by atoms with E-state index in [0.29, 0.717) is 11.0 Å². The summed E-state index contributed by atoms with van der Waals surface area (Å²) in [7, 11) is 5.71. The minimum absolute atomic E-state index is 0. The lowest BCUT2D eigenvalue weighted by atomic mass is 9.95. The fourth-order valence-electron chi connectivity index (χ4n) is 1.27. The van der Waals surface area contributed by atoms with E-state index in [4.69, 9.17) is 11.8 Å². The molecule has 16 heavy (non-hydrogen) atoms. The van der Waals surface area contributed by atoms with Crippen molar-refractivity contribution in [2.75, 3.05) is 27.7 Å². The Labute approximate surface area is 108 Å². The molecule has 0 aliphatic heterocycles. The number of nitrogens with one attached hydrogen (secondary N) is 1. The van der Waals surface area contributed by atoms with E-state index in [0.717, 1.165) is 0 Å². The second-order valence-corrected chi connectivity index (χ2v) is 5.96. The first-order valence-electron chi connectivity index (χ1n) is 5.04. The normalized spacial score (nSPS) is 13.5. The van der Waals surface area contributed by atoms with Crippen LogP contribution in [0.2, 0.25) is 0 Å². The van der Waals surface area contributed by atoms with Crippen LogP contribution < -0.4 is 17.2 Å².